The predicted octanol–water partition coefficient (Wildman–Crippen LogP) is 12.4. The zero-order chi connectivity index (χ0) is 37.8. The minimum absolute atomic E-state index is 0.0287. The lowest BCUT2D eigenvalue weighted by molar-refractivity contribution is -0.384. The maximum Gasteiger partial charge on any atom is 0.416 e. The summed E-state index contributed by atoms with van der Waals surface area (Å²) in [7, 11) is 0. The van der Waals surface area contributed by atoms with E-state index in [0.29, 0.717) is 28.0 Å². The first kappa shape index (κ1) is 34.5. The first-order valence-corrected chi connectivity index (χ1v) is 16.8. The average Bonchev–Trinajstić information content (AvgIpc) is 3.89. The standard InChI is InChI=1S/C22H14F3N.C21H13F3N2O2/c23-22(24,25)16-5-3-6-17(13-16)26-11-10-14-8-9-19-18-7-2-1-4-15(18)12-20(19)21(14)26;22-21(23,24)16-4-3-5-17(13-16)25-11-10-14-8-9-15(12-20(14)25)18-6-1-2-7-19(18)26(27)28/h1-11,13H,12H2;1-13H. The van der Waals surface area contributed by atoms with Crippen molar-refractivity contribution in [3.05, 3.63) is 184 Å². The van der Waals surface area contributed by atoms with Gasteiger partial charge in [-0.1, -0.05) is 72.8 Å². The fourth-order valence-corrected chi connectivity index (χ4v) is 7.14. The van der Waals surface area contributed by atoms with Crippen LogP contribution in [0.15, 0.2) is 152 Å². The number of halogens is 6. The van der Waals surface area contributed by atoms with E-state index < -0.39 is 28.4 Å². The summed E-state index contributed by atoms with van der Waals surface area (Å²) in [4.78, 5) is 10.9. The van der Waals surface area contributed by atoms with Gasteiger partial charge in [-0.15, -0.1) is 0 Å². The lowest BCUT2D eigenvalue weighted by Crippen LogP contribution is -2.06. The lowest BCUT2D eigenvalue weighted by atomic mass is 10.0. The molecule has 2 aromatic heterocycles. The predicted molar refractivity (Wildman–Crippen MR) is 197 cm³/mol. The summed E-state index contributed by atoms with van der Waals surface area (Å²) in [6, 6.07) is 38.4. The Hall–Kier alpha value is -6.62. The molecule has 0 saturated heterocycles. The molecule has 11 heteroatoms. The molecule has 0 fully saturated rings. The molecule has 0 bridgehead atoms. The van der Waals surface area contributed by atoms with E-state index in [1.807, 2.05) is 35.0 Å². The molecule has 0 N–H and O–H groups in total. The van der Waals surface area contributed by atoms with Crippen molar-refractivity contribution in [3.63, 3.8) is 0 Å². The quantitative estimate of drug-likeness (QED) is 0.103. The van der Waals surface area contributed by atoms with Gasteiger partial charge in [-0.25, -0.2) is 0 Å². The first-order chi connectivity index (χ1) is 25.9. The van der Waals surface area contributed by atoms with Gasteiger partial charge in [0.1, 0.15) is 0 Å². The van der Waals surface area contributed by atoms with Gasteiger partial charge in [0.25, 0.3) is 5.69 Å². The van der Waals surface area contributed by atoms with Crippen molar-refractivity contribution in [2.24, 2.45) is 0 Å². The number of nitro benzene ring substituents is 1. The van der Waals surface area contributed by atoms with Crippen LogP contribution in [-0.4, -0.2) is 14.1 Å². The molecule has 6 aromatic carbocycles. The third-order valence-corrected chi connectivity index (χ3v) is 9.64. The molecule has 0 amide bonds. The first-order valence-electron chi connectivity index (χ1n) is 16.8. The van der Waals surface area contributed by atoms with Crippen molar-refractivity contribution >= 4 is 27.5 Å². The van der Waals surface area contributed by atoms with Crippen LogP contribution in [0.2, 0.25) is 0 Å². The highest BCUT2D eigenvalue weighted by molar-refractivity contribution is 5.94. The van der Waals surface area contributed by atoms with Gasteiger partial charge in [0.2, 0.25) is 0 Å². The van der Waals surface area contributed by atoms with Crippen molar-refractivity contribution in [1.29, 1.82) is 0 Å². The second-order valence-corrected chi connectivity index (χ2v) is 12.9. The molecule has 0 spiro atoms. The molecule has 8 aromatic rings. The number of fused-ring (bicyclic) bond motifs is 6. The van der Waals surface area contributed by atoms with Crippen LogP contribution in [0, 0.1) is 10.1 Å². The second kappa shape index (κ2) is 13.1. The Morgan fingerprint density at radius 3 is 1.83 bits per heavy atom. The number of nitrogens with zero attached hydrogens (tertiary/aromatic N) is 3. The van der Waals surface area contributed by atoms with E-state index in [9.17, 15) is 36.5 Å². The van der Waals surface area contributed by atoms with E-state index in [2.05, 4.69) is 18.2 Å². The number of hydrogen-bond donors (Lipinski definition) is 0. The van der Waals surface area contributed by atoms with Gasteiger partial charge in [-0.2, -0.15) is 26.3 Å². The van der Waals surface area contributed by atoms with Crippen molar-refractivity contribution < 1.29 is 31.3 Å². The molecule has 54 heavy (non-hydrogen) atoms. The summed E-state index contributed by atoms with van der Waals surface area (Å²) in [5.74, 6) is 0. The number of alkyl halides is 6. The van der Waals surface area contributed by atoms with Gasteiger partial charge in [0.15, 0.2) is 0 Å². The molecule has 0 unspecified atom stereocenters. The fraction of sp³-hybridized carbons (Fsp3) is 0.0698. The molecule has 268 valence electrons. The SMILES string of the molecule is FC(F)(F)c1cccc(-n2ccc3ccc4c(c32)Cc2ccccc2-4)c1.O=[N+]([O-])c1ccccc1-c1ccc2ccn(-c3cccc(C(F)(F)F)c3)c2c1. The Bertz CT molecular complexity index is 2720. The fourth-order valence-electron chi connectivity index (χ4n) is 7.14. The van der Waals surface area contributed by atoms with Crippen LogP contribution in [0.1, 0.15) is 22.3 Å². The minimum Gasteiger partial charge on any atom is -0.317 e. The minimum atomic E-state index is -4.44. The summed E-state index contributed by atoms with van der Waals surface area (Å²) in [6.07, 6.45) is -4.45. The van der Waals surface area contributed by atoms with Gasteiger partial charge < -0.3 is 9.13 Å². The number of rotatable bonds is 4. The third kappa shape index (κ3) is 6.27. The molecule has 5 nitrogen and oxygen atoms in total. The van der Waals surface area contributed by atoms with Gasteiger partial charge in [-0.3, -0.25) is 10.1 Å². The summed E-state index contributed by atoms with van der Waals surface area (Å²) in [6.45, 7) is 0. The molecule has 0 saturated carbocycles. The monoisotopic (exact) mass is 731 g/mol. The van der Waals surface area contributed by atoms with E-state index >= 15 is 0 Å². The largest absolute Gasteiger partial charge is 0.416 e. The van der Waals surface area contributed by atoms with E-state index in [1.54, 1.807) is 65.4 Å². The van der Waals surface area contributed by atoms with Crippen LogP contribution in [0.4, 0.5) is 32.0 Å². The summed E-state index contributed by atoms with van der Waals surface area (Å²) in [5, 5.41) is 13.2. The summed E-state index contributed by atoms with van der Waals surface area (Å²) in [5.41, 5.74) is 7.02. The van der Waals surface area contributed by atoms with Crippen LogP contribution >= 0.6 is 0 Å². The van der Waals surface area contributed by atoms with Gasteiger partial charge >= 0.3 is 12.4 Å². The van der Waals surface area contributed by atoms with Gasteiger partial charge in [-0.05, 0) is 93.9 Å². The molecule has 1 aliphatic carbocycles. The van der Waals surface area contributed by atoms with Gasteiger partial charge in [0.05, 0.1) is 32.6 Å². The highest BCUT2D eigenvalue weighted by Crippen LogP contribution is 2.42. The maximum atomic E-state index is 13.1. The van der Waals surface area contributed by atoms with Crippen LogP contribution < -0.4 is 0 Å². The van der Waals surface area contributed by atoms with Crippen LogP contribution in [0.3, 0.4) is 0 Å². The highest BCUT2D eigenvalue weighted by atomic mass is 19.4. The third-order valence-electron chi connectivity index (χ3n) is 9.64. The normalized spacial score (nSPS) is 12.3. The molecule has 1 aliphatic rings. The topological polar surface area (TPSA) is 53.0 Å². The van der Waals surface area contributed by atoms with E-state index in [4.69, 9.17) is 0 Å². The van der Waals surface area contributed by atoms with E-state index in [0.717, 1.165) is 40.9 Å². The van der Waals surface area contributed by atoms with Crippen LogP contribution in [0.25, 0.3) is 55.4 Å². The number of aromatic nitrogens is 2. The van der Waals surface area contributed by atoms with E-state index in [1.165, 1.54) is 46.5 Å². The molecule has 0 aliphatic heterocycles. The molecule has 0 radical (unpaired) electrons. The van der Waals surface area contributed by atoms with Crippen LogP contribution in [-0.2, 0) is 18.8 Å². The summed E-state index contributed by atoms with van der Waals surface area (Å²) < 4.78 is 82.0. The Labute approximate surface area is 304 Å². The number of benzene rings is 6. The smallest absolute Gasteiger partial charge is 0.317 e. The Kier molecular flexibility index (Phi) is 8.36. The number of para-hydroxylation sites is 1. The molecule has 9 rings (SSSR count). The molecular formula is C43H27F6N3O2. The Morgan fingerprint density at radius 1 is 0.556 bits per heavy atom. The zero-order valence-corrected chi connectivity index (χ0v) is 28.1. The Morgan fingerprint density at radius 2 is 1.15 bits per heavy atom. The average molecular weight is 732 g/mol. The van der Waals surface area contributed by atoms with Crippen molar-refractivity contribution in [3.8, 4) is 33.6 Å². The van der Waals surface area contributed by atoms with Crippen molar-refractivity contribution in [1.82, 2.24) is 9.13 Å². The van der Waals surface area contributed by atoms with E-state index in [-0.39, 0.29) is 5.69 Å². The molecule has 2 heterocycles. The number of hydrogen-bond acceptors (Lipinski definition) is 2. The molecule has 0 atom stereocenters. The highest BCUT2D eigenvalue weighted by Gasteiger charge is 2.32. The lowest BCUT2D eigenvalue weighted by Gasteiger charge is -2.12. The molecular weight excluding hydrogens is 704 g/mol. The maximum absolute atomic E-state index is 13.1. The zero-order valence-electron chi connectivity index (χ0n) is 28.1. The Balaban J connectivity index is 0.000000153. The van der Waals surface area contributed by atoms with Gasteiger partial charge in [0, 0.05) is 41.6 Å². The second-order valence-electron chi connectivity index (χ2n) is 12.9. The summed E-state index contributed by atoms with van der Waals surface area (Å²) >= 11 is 0. The van der Waals surface area contributed by atoms with Crippen molar-refractivity contribution in [2.45, 2.75) is 18.8 Å². The van der Waals surface area contributed by atoms with Crippen LogP contribution in [0.5, 0.6) is 0 Å². The number of nitro groups is 1. The van der Waals surface area contributed by atoms with Crippen molar-refractivity contribution in [2.75, 3.05) is 0 Å².